The molecule has 2 amide bonds. The van der Waals surface area contributed by atoms with Gasteiger partial charge < -0.3 is 29.4 Å². The Kier molecular flexibility index (Phi) is 8.52. The number of benzene rings is 3. The van der Waals surface area contributed by atoms with Crippen molar-refractivity contribution in [3.63, 3.8) is 0 Å². The number of phenolic OH excluding ortho intramolecular Hbond substituents is 1. The number of carbonyl (C=O) groups is 3. The predicted octanol–water partition coefficient (Wildman–Crippen LogP) is 3.54. The number of carbonyl (C=O) groups excluding carboxylic acids is 3. The fourth-order valence-corrected chi connectivity index (χ4v) is 5.57. The molecule has 4 aromatic rings. The maximum atomic E-state index is 14.6. The lowest BCUT2D eigenvalue weighted by Gasteiger charge is -2.33. The lowest BCUT2D eigenvalue weighted by Crippen LogP contribution is -2.47. The molecule has 2 aliphatic heterocycles. The van der Waals surface area contributed by atoms with Gasteiger partial charge in [-0.15, -0.1) is 5.10 Å². The Labute approximate surface area is 258 Å². The minimum absolute atomic E-state index is 0.0595. The second-order valence-corrected chi connectivity index (χ2v) is 10.7. The SMILES string of the molecule is CCOc1cc([C@@H](C(=O)NC[C@H]2CCCO2)N(C(=O)Cn2nnc3ccccc32)c2cc3c(cc2C(C)=O)OCO3)ccc1O. The Bertz CT molecular complexity index is 1750. The minimum Gasteiger partial charge on any atom is -0.504 e. The molecule has 0 radical (unpaired) electrons. The third-order valence-electron chi connectivity index (χ3n) is 7.74. The van der Waals surface area contributed by atoms with Crippen LogP contribution in [0.2, 0.25) is 0 Å². The standard InChI is InChI=1S/C32H33N5O8/c1-3-42-27-13-20(10-11-26(27)39)31(32(41)33-16-21-7-6-12-43-21)37(25-15-29-28(44-18-45-29)14-22(25)19(2)38)30(40)17-36-24-9-5-4-8-23(24)34-35-36/h4-5,8-11,13-15,21,31,39H,3,6-7,12,16-18H2,1-2H3,(H,33,41)/t21-,31+/m1/s1. The van der Waals surface area contributed by atoms with E-state index in [0.29, 0.717) is 34.7 Å². The van der Waals surface area contributed by atoms with E-state index in [2.05, 4.69) is 15.6 Å². The normalized spacial score (nSPS) is 16.0. The summed E-state index contributed by atoms with van der Waals surface area (Å²) in [4.78, 5) is 43.2. The van der Waals surface area contributed by atoms with Gasteiger partial charge in [-0.25, -0.2) is 4.68 Å². The first-order chi connectivity index (χ1) is 21.8. The summed E-state index contributed by atoms with van der Waals surface area (Å²) in [6.45, 7) is 3.86. The fraction of sp³-hybridized carbons (Fsp3) is 0.344. The van der Waals surface area contributed by atoms with E-state index in [1.807, 2.05) is 12.1 Å². The highest BCUT2D eigenvalue weighted by Crippen LogP contribution is 2.42. The zero-order valence-corrected chi connectivity index (χ0v) is 24.9. The van der Waals surface area contributed by atoms with Gasteiger partial charge in [-0.1, -0.05) is 23.4 Å². The van der Waals surface area contributed by atoms with Gasteiger partial charge in [-0.3, -0.25) is 19.3 Å². The number of para-hydroxylation sites is 1. The molecule has 1 fully saturated rings. The summed E-state index contributed by atoms with van der Waals surface area (Å²) in [5.74, 6) is -0.762. The van der Waals surface area contributed by atoms with Gasteiger partial charge in [0.2, 0.25) is 18.6 Å². The Morgan fingerprint density at radius 2 is 1.93 bits per heavy atom. The molecule has 45 heavy (non-hydrogen) atoms. The van der Waals surface area contributed by atoms with Crippen LogP contribution in [0.3, 0.4) is 0 Å². The van der Waals surface area contributed by atoms with Crippen molar-refractivity contribution in [3.8, 4) is 23.0 Å². The molecule has 2 aliphatic rings. The maximum Gasteiger partial charge on any atom is 0.249 e. The summed E-state index contributed by atoms with van der Waals surface area (Å²) < 4.78 is 23.9. The van der Waals surface area contributed by atoms with Crippen molar-refractivity contribution in [1.29, 1.82) is 0 Å². The van der Waals surface area contributed by atoms with Crippen LogP contribution in [0.1, 0.15) is 48.7 Å². The number of ether oxygens (including phenoxy) is 4. The number of hydrogen-bond acceptors (Lipinski definition) is 10. The second-order valence-electron chi connectivity index (χ2n) is 10.7. The number of hydrogen-bond donors (Lipinski definition) is 2. The van der Waals surface area contributed by atoms with E-state index in [9.17, 15) is 19.5 Å². The van der Waals surface area contributed by atoms with Crippen LogP contribution in [0.25, 0.3) is 11.0 Å². The molecule has 1 aromatic heterocycles. The van der Waals surface area contributed by atoms with Crippen molar-refractivity contribution in [3.05, 3.63) is 65.7 Å². The molecule has 0 spiro atoms. The fourth-order valence-electron chi connectivity index (χ4n) is 5.57. The lowest BCUT2D eigenvalue weighted by molar-refractivity contribution is -0.127. The number of fused-ring (bicyclic) bond motifs is 2. The summed E-state index contributed by atoms with van der Waals surface area (Å²) in [6, 6.07) is 13.4. The topological polar surface area (TPSA) is 154 Å². The summed E-state index contributed by atoms with van der Waals surface area (Å²) in [7, 11) is 0. The first-order valence-corrected chi connectivity index (χ1v) is 14.7. The monoisotopic (exact) mass is 615 g/mol. The number of ketones is 1. The van der Waals surface area contributed by atoms with Crippen molar-refractivity contribution in [2.24, 2.45) is 0 Å². The average Bonchev–Trinajstić information content (AvgIpc) is 3.81. The van der Waals surface area contributed by atoms with E-state index in [1.165, 1.54) is 40.8 Å². The third kappa shape index (κ3) is 6.11. The van der Waals surface area contributed by atoms with E-state index in [4.69, 9.17) is 18.9 Å². The van der Waals surface area contributed by atoms with Gasteiger partial charge in [0.25, 0.3) is 0 Å². The molecule has 2 atom stereocenters. The number of Topliss-reactive ketones (excluding diaryl/α,β-unsaturated/α-hetero) is 1. The molecular weight excluding hydrogens is 582 g/mol. The molecule has 0 bridgehead atoms. The largest absolute Gasteiger partial charge is 0.504 e. The molecule has 3 heterocycles. The van der Waals surface area contributed by atoms with Crippen LogP contribution in [-0.2, 0) is 20.9 Å². The van der Waals surface area contributed by atoms with E-state index in [-0.39, 0.29) is 61.1 Å². The molecule has 0 aliphatic carbocycles. The van der Waals surface area contributed by atoms with Crippen molar-refractivity contribution >= 4 is 34.3 Å². The Hall–Kier alpha value is -5.17. The highest BCUT2D eigenvalue weighted by Gasteiger charge is 2.37. The van der Waals surface area contributed by atoms with Gasteiger partial charge in [-0.2, -0.15) is 0 Å². The molecule has 234 valence electrons. The van der Waals surface area contributed by atoms with Gasteiger partial charge in [-0.05, 0) is 62.6 Å². The quantitative estimate of drug-likeness (QED) is 0.240. The van der Waals surface area contributed by atoms with Crippen LogP contribution in [0.5, 0.6) is 23.0 Å². The van der Waals surface area contributed by atoms with E-state index in [0.717, 1.165) is 12.8 Å². The lowest BCUT2D eigenvalue weighted by atomic mass is 9.99. The molecule has 3 aromatic carbocycles. The van der Waals surface area contributed by atoms with E-state index < -0.39 is 17.9 Å². The Morgan fingerprint density at radius 1 is 1.13 bits per heavy atom. The van der Waals surface area contributed by atoms with Crippen LogP contribution in [0, 0.1) is 0 Å². The third-order valence-corrected chi connectivity index (χ3v) is 7.74. The number of amides is 2. The number of nitrogens with one attached hydrogen (secondary N) is 1. The minimum atomic E-state index is -1.31. The summed E-state index contributed by atoms with van der Waals surface area (Å²) in [5.41, 5.74) is 1.84. The first-order valence-electron chi connectivity index (χ1n) is 14.7. The van der Waals surface area contributed by atoms with Gasteiger partial charge in [0.15, 0.2) is 28.8 Å². The van der Waals surface area contributed by atoms with Crippen molar-refractivity contribution in [2.45, 2.75) is 45.4 Å². The van der Waals surface area contributed by atoms with Crippen LogP contribution >= 0.6 is 0 Å². The molecule has 0 saturated carbocycles. The van der Waals surface area contributed by atoms with E-state index in [1.54, 1.807) is 25.1 Å². The summed E-state index contributed by atoms with van der Waals surface area (Å²) in [6.07, 6.45) is 1.50. The number of rotatable bonds is 11. The van der Waals surface area contributed by atoms with Gasteiger partial charge in [0, 0.05) is 24.8 Å². The molecule has 0 unspecified atom stereocenters. The van der Waals surface area contributed by atoms with Crippen LogP contribution in [0.15, 0.2) is 54.6 Å². The van der Waals surface area contributed by atoms with E-state index >= 15 is 0 Å². The number of anilines is 1. The average molecular weight is 616 g/mol. The van der Waals surface area contributed by atoms with Crippen molar-refractivity contribution < 1.29 is 38.4 Å². The molecule has 2 N–H and O–H groups in total. The molecular formula is C32H33N5O8. The Morgan fingerprint density at radius 3 is 2.69 bits per heavy atom. The summed E-state index contributed by atoms with van der Waals surface area (Å²) >= 11 is 0. The number of aromatic nitrogens is 3. The first kappa shape index (κ1) is 29.9. The second kappa shape index (κ2) is 12.8. The number of aromatic hydroxyl groups is 1. The zero-order chi connectivity index (χ0) is 31.5. The smallest absolute Gasteiger partial charge is 0.249 e. The zero-order valence-electron chi connectivity index (χ0n) is 24.9. The van der Waals surface area contributed by atoms with Gasteiger partial charge in [0.05, 0.1) is 23.9 Å². The van der Waals surface area contributed by atoms with Crippen molar-refractivity contribution in [1.82, 2.24) is 20.3 Å². The highest BCUT2D eigenvalue weighted by atomic mass is 16.7. The van der Waals surface area contributed by atoms with Crippen molar-refractivity contribution in [2.75, 3.05) is 31.5 Å². The van der Waals surface area contributed by atoms with Crippen LogP contribution in [0.4, 0.5) is 5.69 Å². The summed E-state index contributed by atoms with van der Waals surface area (Å²) in [5, 5.41) is 21.8. The predicted molar refractivity (Wildman–Crippen MR) is 162 cm³/mol. The van der Waals surface area contributed by atoms with Crippen LogP contribution < -0.4 is 24.4 Å². The number of phenols is 1. The molecule has 6 rings (SSSR count). The maximum absolute atomic E-state index is 14.6. The Balaban J connectivity index is 1.50. The van der Waals surface area contributed by atoms with Crippen LogP contribution in [-0.4, -0.2) is 70.4 Å². The molecule has 1 saturated heterocycles. The molecule has 13 heteroatoms. The number of nitrogens with zero attached hydrogens (tertiary/aromatic N) is 4. The van der Waals surface area contributed by atoms with Gasteiger partial charge >= 0.3 is 0 Å². The highest BCUT2D eigenvalue weighted by molar-refractivity contribution is 6.08. The van der Waals surface area contributed by atoms with Gasteiger partial charge in [0.1, 0.15) is 18.1 Å². The molecule has 13 nitrogen and oxygen atoms in total.